The van der Waals surface area contributed by atoms with E-state index in [9.17, 15) is 22.4 Å². The van der Waals surface area contributed by atoms with Gasteiger partial charge in [0.25, 0.3) is 5.56 Å². The summed E-state index contributed by atoms with van der Waals surface area (Å²) in [7, 11) is 0. The Morgan fingerprint density at radius 1 is 1.20 bits per heavy atom. The maximum Gasteiger partial charge on any atom is 0.417 e. The van der Waals surface area contributed by atoms with Gasteiger partial charge in [0.15, 0.2) is 0 Å². The Hall–Kier alpha value is -2.18. The molecular formula is C13H10F4N2O. The van der Waals surface area contributed by atoms with Crippen molar-refractivity contribution in [1.82, 2.24) is 9.97 Å². The zero-order chi connectivity index (χ0) is 15.1. The Balaban J connectivity index is 2.75. The van der Waals surface area contributed by atoms with Gasteiger partial charge in [-0.2, -0.15) is 13.2 Å². The lowest BCUT2D eigenvalue weighted by Gasteiger charge is -2.13. The molecule has 0 unspecified atom stereocenters. The minimum Gasteiger partial charge on any atom is -0.306 e. The second-order valence-corrected chi connectivity index (χ2v) is 4.31. The van der Waals surface area contributed by atoms with E-state index in [0.29, 0.717) is 29.5 Å². The third kappa shape index (κ3) is 2.56. The highest BCUT2D eigenvalue weighted by Crippen LogP contribution is 2.36. The van der Waals surface area contributed by atoms with Gasteiger partial charge in [-0.25, -0.2) is 9.37 Å². The SMILES string of the molecule is Cc1nc(-c2cc(F)ccc2C(F)(F)F)[nH]c(=O)c1C. The van der Waals surface area contributed by atoms with E-state index >= 15 is 0 Å². The van der Waals surface area contributed by atoms with Gasteiger partial charge in [-0.3, -0.25) is 4.79 Å². The fourth-order valence-corrected chi connectivity index (χ4v) is 1.73. The van der Waals surface area contributed by atoms with E-state index in [1.807, 2.05) is 0 Å². The first-order chi connectivity index (χ1) is 9.20. The summed E-state index contributed by atoms with van der Waals surface area (Å²) in [4.78, 5) is 17.7. The van der Waals surface area contributed by atoms with Crippen LogP contribution in [-0.2, 0) is 6.18 Å². The van der Waals surface area contributed by atoms with E-state index in [4.69, 9.17) is 0 Å². The predicted octanol–water partition coefficient (Wildman–Crippen LogP) is 3.21. The normalized spacial score (nSPS) is 11.7. The van der Waals surface area contributed by atoms with Gasteiger partial charge in [-0.15, -0.1) is 0 Å². The van der Waals surface area contributed by atoms with Crippen molar-refractivity contribution in [3.63, 3.8) is 0 Å². The van der Waals surface area contributed by atoms with E-state index in [1.54, 1.807) is 0 Å². The zero-order valence-electron chi connectivity index (χ0n) is 10.6. The molecule has 7 heteroatoms. The number of nitrogens with one attached hydrogen (secondary N) is 1. The molecule has 0 atom stereocenters. The Kier molecular flexibility index (Phi) is 3.37. The molecule has 0 aliphatic carbocycles. The van der Waals surface area contributed by atoms with Gasteiger partial charge in [0.05, 0.1) is 5.56 Å². The highest BCUT2D eigenvalue weighted by atomic mass is 19.4. The lowest BCUT2D eigenvalue weighted by molar-refractivity contribution is -0.137. The Labute approximate surface area is 111 Å². The number of nitrogens with zero attached hydrogens (tertiary/aromatic N) is 1. The van der Waals surface area contributed by atoms with Gasteiger partial charge < -0.3 is 4.98 Å². The monoisotopic (exact) mass is 286 g/mol. The van der Waals surface area contributed by atoms with Gasteiger partial charge in [-0.1, -0.05) is 0 Å². The first-order valence-corrected chi connectivity index (χ1v) is 5.65. The van der Waals surface area contributed by atoms with Crippen molar-refractivity contribution in [1.29, 1.82) is 0 Å². The number of hydrogen-bond acceptors (Lipinski definition) is 2. The van der Waals surface area contributed by atoms with Crippen LogP contribution in [0.2, 0.25) is 0 Å². The van der Waals surface area contributed by atoms with Gasteiger partial charge in [0.2, 0.25) is 0 Å². The molecule has 0 amide bonds. The maximum atomic E-state index is 13.2. The van der Waals surface area contributed by atoms with E-state index in [-0.39, 0.29) is 5.82 Å². The summed E-state index contributed by atoms with van der Waals surface area (Å²) >= 11 is 0. The fraction of sp³-hybridized carbons (Fsp3) is 0.231. The van der Waals surface area contributed by atoms with E-state index < -0.39 is 28.7 Å². The highest BCUT2D eigenvalue weighted by molar-refractivity contribution is 5.61. The van der Waals surface area contributed by atoms with Crippen LogP contribution in [0, 0.1) is 19.7 Å². The smallest absolute Gasteiger partial charge is 0.306 e. The molecule has 1 aromatic carbocycles. The summed E-state index contributed by atoms with van der Waals surface area (Å²) in [6.07, 6.45) is -4.67. The molecule has 0 aliphatic heterocycles. The molecule has 3 nitrogen and oxygen atoms in total. The van der Waals surface area contributed by atoms with Crippen LogP contribution in [-0.4, -0.2) is 9.97 Å². The summed E-state index contributed by atoms with van der Waals surface area (Å²) in [6, 6.07) is 2.04. The van der Waals surface area contributed by atoms with Crippen molar-refractivity contribution in [3.05, 3.63) is 51.2 Å². The van der Waals surface area contributed by atoms with Crippen LogP contribution >= 0.6 is 0 Å². The van der Waals surface area contributed by atoms with Crippen molar-refractivity contribution in [2.75, 3.05) is 0 Å². The standard InChI is InChI=1S/C13H10F4N2O/c1-6-7(2)18-11(19-12(6)20)9-5-8(14)3-4-10(9)13(15,16)17/h3-5H,1-2H3,(H,18,19,20). The van der Waals surface area contributed by atoms with Crippen molar-refractivity contribution < 1.29 is 17.6 Å². The molecule has 1 heterocycles. The topological polar surface area (TPSA) is 45.8 Å². The molecule has 2 rings (SSSR count). The van der Waals surface area contributed by atoms with Crippen molar-refractivity contribution in [2.45, 2.75) is 20.0 Å². The Bertz CT molecular complexity index is 719. The molecule has 1 aromatic heterocycles. The summed E-state index contributed by atoms with van der Waals surface area (Å²) in [5, 5.41) is 0. The van der Waals surface area contributed by atoms with Crippen molar-refractivity contribution >= 4 is 0 Å². The van der Waals surface area contributed by atoms with Gasteiger partial charge in [-0.05, 0) is 32.0 Å². The average molecular weight is 286 g/mol. The Morgan fingerprint density at radius 2 is 1.85 bits per heavy atom. The van der Waals surface area contributed by atoms with Gasteiger partial charge in [0, 0.05) is 16.8 Å². The summed E-state index contributed by atoms with van der Waals surface area (Å²) in [5.41, 5.74) is -1.49. The van der Waals surface area contributed by atoms with E-state index in [0.717, 1.165) is 0 Å². The van der Waals surface area contributed by atoms with Crippen molar-refractivity contribution in [2.24, 2.45) is 0 Å². The van der Waals surface area contributed by atoms with E-state index in [1.165, 1.54) is 13.8 Å². The first kappa shape index (κ1) is 14.2. The Morgan fingerprint density at radius 3 is 2.40 bits per heavy atom. The molecule has 0 saturated heterocycles. The first-order valence-electron chi connectivity index (χ1n) is 5.65. The van der Waals surface area contributed by atoms with E-state index in [2.05, 4.69) is 9.97 Å². The summed E-state index contributed by atoms with van der Waals surface area (Å²) in [6.45, 7) is 3.00. The summed E-state index contributed by atoms with van der Waals surface area (Å²) in [5.74, 6) is -1.14. The molecule has 1 N–H and O–H groups in total. The maximum absolute atomic E-state index is 13.2. The molecule has 0 bridgehead atoms. The average Bonchev–Trinajstić information content (AvgIpc) is 2.33. The highest BCUT2D eigenvalue weighted by Gasteiger charge is 2.34. The van der Waals surface area contributed by atoms with Crippen LogP contribution in [0.15, 0.2) is 23.0 Å². The molecule has 0 aliphatic rings. The van der Waals surface area contributed by atoms with Crippen LogP contribution < -0.4 is 5.56 Å². The zero-order valence-corrected chi connectivity index (χ0v) is 10.6. The largest absolute Gasteiger partial charge is 0.417 e. The molecule has 0 saturated carbocycles. The number of benzene rings is 1. The summed E-state index contributed by atoms with van der Waals surface area (Å²) < 4.78 is 51.9. The number of hydrogen-bond donors (Lipinski definition) is 1. The molecule has 20 heavy (non-hydrogen) atoms. The lowest BCUT2D eigenvalue weighted by Crippen LogP contribution is -2.16. The number of halogens is 4. The second kappa shape index (κ2) is 4.73. The molecule has 0 fully saturated rings. The third-order valence-corrected chi connectivity index (χ3v) is 2.94. The molecular weight excluding hydrogens is 276 g/mol. The van der Waals surface area contributed by atoms with Crippen LogP contribution in [0.3, 0.4) is 0 Å². The molecule has 0 radical (unpaired) electrons. The minimum absolute atomic E-state index is 0.293. The van der Waals surface area contributed by atoms with Crippen LogP contribution in [0.1, 0.15) is 16.8 Å². The quantitative estimate of drug-likeness (QED) is 0.818. The van der Waals surface area contributed by atoms with Crippen LogP contribution in [0.25, 0.3) is 11.4 Å². The predicted molar refractivity (Wildman–Crippen MR) is 64.7 cm³/mol. The van der Waals surface area contributed by atoms with Crippen LogP contribution in [0.4, 0.5) is 17.6 Å². The van der Waals surface area contributed by atoms with Crippen molar-refractivity contribution in [3.8, 4) is 11.4 Å². The third-order valence-electron chi connectivity index (χ3n) is 2.94. The van der Waals surface area contributed by atoms with Gasteiger partial charge in [0.1, 0.15) is 11.6 Å². The van der Waals surface area contributed by atoms with Gasteiger partial charge >= 0.3 is 6.18 Å². The molecule has 2 aromatic rings. The fourth-order valence-electron chi connectivity index (χ4n) is 1.73. The number of aromatic amines is 1. The van der Waals surface area contributed by atoms with Crippen LogP contribution in [0.5, 0.6) is 0 Å². The molecule has 106 valence electrons. The number of aryl methyl sites for hydroxylation is 1. The lowest BCUT2D eigenvalue weighted by atomic mass is 10.1. The number of H-pyrrole nitrogens is 1. The number of alkyl halides is 3. The number of rotatable bonds is 1. The minimum atomic E-state index is -4.67. The second-order valence-electron chi connectivity index (χ2n) is 4.31. The number of aromatic nitrogens is 2. The molecule has 0 spiro atoms.